The summed E-state index contributed by atoms with van der Waals surface area (Å²) >= 11 is 1.98. The van der Waals surface area contributed by atoms with Gasteiger partial charge in [0.2, 0.25) is 0 Å². The van der Waals surface area contributed by atoms with Gasteiger partial charge < -0.3 is 9.64 Å². The van der Waals surface area contributed by atoms with Gasteiger partial charge >= 0.3 is 0 Å². The van der Waals surface area contributed by atoms with E-state index in [1.54, 1.807) is 5.57 Å². The molecule has 12 rings (SSSR count). The molecule has 0 saturated carbocycles. The first-order valence-electron chi connectivity index (χ1n) is 22.8. The van der Waals surface area contributed by atoms with Gasteiger partial charge in [0.05, 0.1) is 4.53 Å². The Balaban J connectivity index is 0.934. The predicted molar refractivity (Wildman–Crippen MR) is 256 cm³/mol. The van der Waals surface area contributed by atoms with Gasteiger partial charge in [-0.1, -0.05) is 152 Å². The van der Waals surface area contributed by atoms with Gasteiger partial charge in [-0.2, -0.15) is 0 Å². The fourth-order valence-corrected chi connectivity index (χ4v) is 12.8. The van der Waals surface area contributed by atoms with Gasteiger partial charge in [-0.25, -0.2) is 0 Å². The zero-order chi connectivity index (χ0) is 40.3. The summed E-state index contributed by atoms with van der Waals surface area (Å²) in [5.74, 6) is 4.41. The van der Waals surface area contributed by atoms with E-state index >= 15 is 0 Å². The summed E-state index contributed by atoms with van der Waals surface area (Å²) in [6.07, 6.45) is 47.7. The molecule has 1 aliphatic heterocycles. The van der Waals surface area contributed by atoms with Crippen LogP contribution >= 0.6 is 11.3 Å². The molecule has 300 valence electrons. The molecule has 0 bridgehead atoms. The summed E-state index contributed by atoms with van der Waals surface area (Å²) in [4.78, 5) is 2.61. The third-order valence-electron chi connectivity index (χ3n) is 14.4. The fourth-order valence-electron chi connectivity index (χ4n) is 11.4. The van der Waals surface area contributed by atoms with E-state index in [-0.39, 0.29) is 0 Å². The summed E-state index contributed by atoms with van der Waals surface area (Å²) in [5, 5.41) is 2.76. The number of nitrogens with zero attached hydrogens (tertiary/aromatic N) is 1. The zero-order valence-electron chi connectivity index (χ0n) is 34.7. The lowest BCUT2D eigenvalue weighted by Crippen LogP contribution is -2.34. The van der Waals surface area contributed by atoms with E-state index in [1.807, 2.05) is 11.3 Å². The summed E-state index contributed by atoms with van der Waals surface area (Å²) in [6.45, 7) is 0. The largest absolute Gasteiger partial charge is 0.465 e. The van der Waals surface area contributed by atoms with Gasteiger partial charge in [-0.3, -0.25) is 0 Å². The van der Waals surface area contributed by atoms with Crippen LogP contribution in [0.25, 0.3) is 33.0 Å². The van der Waals surface area contributed by atoms with Crippen molar-refractivity contribution >= 4 is 38.9 Å². The molecule has 0 N–H and O–H groups in total. The van der Waals surface area contributed by atoms with Crippen LogP contribution in [0.15, 0.2) is 203 Å². The minimum atomic E-state index is 0.292. The second-order valence-corrected chi connectivity index (χ2v) is 18.8. The predicted octanol–water partition coefficient (Wildman–Crippen LogP) is 13.7. The third kappa shape index (κ3) is 6.43. The summed E-state index contributed by atoms with van der Waals surface area (Å²) in [7, 11) is 0. The van der Waals surface area contributed by atoms with Crippen LogP contribution in [0, 0.1) is 23.7 Å². The van der Waals surface area contributed by atoms with E-state index in [4.69, 9.17) is 4.74 Å². The zero-order valence-corrected chi connectivity index (χ0v) is 35.5. The van der Waals surface area contributed by atoms with Gasteiger partial charge in [-0.15, -0.1) is 11.3 Å². The molecule has 0 amide bonds. The number of benzene rings is 3. The van der Waals surface area contributed by atoms with Crippen LogP contribution in [0.1, 0.15) is 69.3 Å². The van der Waals surface area contributed by atoms with Crippen molar-refractivity contribution in [3.05, 3.63) is 219 Å². The van der Waals surface area contributed by atoms with Crippen molar-refractivity contribution in [3.63, 3.8) is 0 Å². The number of anilines is 1. The molecule has 7 aliphatic carbocycles. The molecule has 0 fully saturated rings. The summed E-state index contributed by atoms with van der Waals surface area (Å²) in [6, 6.07) is 27.5. The number of hydrogen-bond donors (Lipinski definition) is 0. The standard InChI is InChI=1S/C58H51NOS/c1-3-14-38(15-4-1)44-36-37-45(49-19-8-7-18-48(44)49)40-28-32-42(33-29-40)59(43-34-30-41(31-35-43)46-21-11-23-51-50-20-9-10-27-55(50)60-56(46)51)54-26-13-25-53-52-24-12-22-47(57(52)61-58(53)54)39-16-5-2-6-17-39/h1-7,9,11-12,14,16-18,20-22,24-25,28-30,32-38,41,45,49,51H,8,10,13,15,19,23,26-27,31H2. The van der Waals surface area contributed by atoms with Crippen LogP contribution in [0.4, 0.5) is 5.69 Å². The maximum atomic E-state index is 6.68. The highest BCUT2D eigenvalue weighted by Crippen LogP contribution is 2.48. The van der Waals surface area contributed by atoms with Gasteiger partial charge in [0, 0.05) is 62.8 Å². The molecule has 2 nitrogen and oxygen atoms in total. The van der Waals surface area contributed by atoms with Crippen molar-refractivity contribution in [2.45, 2.75) is 63.7 Å². The Morgan fingerprint density at radius 3 is 2.36 bits per heavy atom. The quantitative estimate of drug-likeness (QED) is 0.184. The molecule has 0 radical (unpaired) electrons. The first kappa shape index (κ1) is 36.9. The first-order valence-corrected chi connectivity index (χ1v) is 23.6. The SMILES string of the molecule is C1=CCC(C2=C3C=CCCC3C(c3ccc(N(C4=CCC(C5=C6OC7=C(C=CCC7)C6CC=C5)C=C4)C4=c5sc6c(-c7ccccc7)cccc6c5=CCC4)cc3)C=C2)C=C1. The molecule has 0 saturated heterocycles. The van der Waals surface area contributed by atoms with Crippen molar-refractivity contribution in [2.24, 2.45) is 23.7 Å². The molecule has 2 heterocycles. The number of ether oxygens (including phenoxy) is 1. The second kappa shape index (κ2) is 15.5. The Morgan fingerprint density at radius 1 is 0.623 bits per heavy atom. The van der Waals surface area contributed by atoms with Crippen molar-refractivity contribution in [1.29, 1.82) is 0 Å². The van der Waals surface area contributed by atoms with Crippen molar-refractivity contribution in [3.8, 4) is 11.1 Å². The Labute approximate surface area is 364 Å². The Hall–Kier alpha value is -5.90. The second-order valence-electron chi connectivity index (χ2n) is 17.8. The number of rotatable bonds is 7. The van der Waals surface area contributed by atoms with E-state index in [0.29, 0.717) is 29.6 Å². The van der Waals surface area contributed by atoms with Gasteiger partial charge in [0.15, 0.2) is 0 Å². The number of allylic oxidation sites excluding steroid dienone is 20. The molecule has 0 spiro atoms. The van der Waals surface area contributed by atoms with Gasteiger partial charge in [0.1, 0.15) is 11.5 Å². The number of fused-ring (bicyclic) bond motifs is 6. The highest BCUT2D eigenvalue weighted by Gasteiger charge is 2.37. The third-order valence-corrected chi connectivity index (χ3v) is 15.7. The maximum Gasteiger partial charge on any atom is 0.115 e. The van der Waals surface area contributed by atoms with E-state index in [9.17, 15) is 0 Å². The minimum Gasteiger partial charge on any atom is -0.465 e. The molecule has 4 aromatic rings. The lowest BCUT2D eigenvalue weighted by molar-refractivity contribution is 0.284. The average Bonchev–Trinajstić information content (AvgIpc) is 3.92. The normalized spacial score (nSPS) is 25.9. The van der Waals surface area contributed by atoms with Crippen LogP contribution in [-0.4, -0.2) is 0 Å². The minimum absolute atomic E-state index is 0.292. The first-order chi connectivity index (χ1) is 30.3. The topological polar surface area (TPSA) is 12.5 Å². The molecular formula is C58H51NOS. The molecule has 3 aromatic carbocycles. The Morgan fingerprint density at radius 2 is 1.49 bits per heavy atom. The van der Waals surface area contributed by atoms with Crippen LogP contribution < -0.4 is 14.7 Å². The van der Waals surface area contributed by atoms with Gasteiger partial charge in [0.25, 0.3) is 0 Å². The number of hydrogen-bond acceptors (Lipinski definition) is 3. The monoisotopic (exact) mass is 809 g/mol. The van der Waals surface area contributed by atoms with Crippen LogP contribution in [0.5, 0.6) is 0 Å². The fraction of sp³-hybridized carbons (Fsp3) is 0.241. The lowest BCUT2D eigenvalue weighted by Gasteiger charge is -2.36. The maximum absolute atomic E-state index is 6.68. The van der Waals surface area contributed by atoms with Crippen molar-refractivity contribution in [2.75, 3.05) is 4.90 Å². The number of thiophene rings is 1. The molecule has 3 heteroatoms. The summed E-state index contributed by atoms with van der Waals surface area (Å²) in [5.41, 5.74) is 13.7. The Kier molecular flexibility index (Phi) is 9.40. The molecule has 8 aliphatic rings. The van der Waals surface area contributed by atoms with E-state index in [1.165, 1.54) is 88.3 Å². The van der Waals surface area contributed by atoms with E-state index < -0.39 is 0 Å². The summed E-state index contributed by atoms with van der Waals surface area (Å²) < 4.78 is 9.46. The van der Waals surface area contributed by atoms with Gasteiger partial charge in [-0.05, 0) is 114 Å². The van der Waals surface area contributed by atoms with Crippen molar-refractivity contribution < 1.29 is 4.74 Å². The van der Waals surface area contributed by atoms with Crippen LogP contribution in [-0.2, 0) is 4.74 Å². The Bertz CT molecular complexity index is 2930. The van der Waals surface area contributed by atoms with Crippen LogP contribution in [0.3, 0.4) is 0 Å². The molecular weight excluding hydrogens is 759 g/mol. The molecule has 5 unspecified atom stereocenters. The molecule has 5 atom stereocenters. The molecule has 61 heavy (non-hydrogen) atoms. The molecule has 1 aromatic heterocycles. The highest BCUT2D eigenvalue weighted by molar-refractivity contribution is 7.17. The van der Waals surface area contributed by atoms with E-state index in [0.717, 1.165) is 51.4 Å². The average molecular weight is 810 g/mol. The van der Waals surface area contributed by atoms with E-state index in [2.05, 4.69) is 175 Å². The van der Waals surface area contributed by atoms with Crippen molar-refractivity contribution in [1.82, 2.24) is 0 Å². The van der Waals surface area contributed by atoms with Crippen LogP contribution in [0.2, 0.25) is 0 Å². The lowest BCUT2D eigenvalue weighted by atomic mass is 9.69. The smallest absolute Gasteiger partial charge is 0.115 e. The highest BCUT2D eigenvalue weighted by atomic mass is 32.1.